The van der Waals surface area contributed by atoms with Crippen LogP contribution in [0.25, 0.3) is 0 Å². The second-order valence-corrected chi connectivity index (χ2v) is 5.96. The lowest BCUT2D eigenvalue weighted by Gasteiger charge is -2.46. The second kappa shape index (κ2) is 6.12. The lowest BCUT2D eigenvalue weighted by atomic mass is 9.89. The maximum Gasteiger partial charge on any atom is 0.246 e. The summed E-state index contributed by atoms with van der Waals surface area (Å²) in [5.74, 6) is 0.433. The third-order valence-electron chi connectivity index (χ3n) is 4.56. The van der Waals surface area contributed by atoms with Crippen LogP contribution in [-0.2, 0) is 14.3 Å². The van der Waals surface area contributed by atoms with Gasteiger partial charge in [0.2, 0.25) is 11.8 Å². The summed E-state index contributed by atoms with van der Waals surface area (Å²) in [6.07, 6.45) is 3.51. The van der Waals surface area contributed by atoms with Crippen LogP contribution in [0.3, 0.4) is 0 Å². The van der Waals surface area contributed by atoms with E-state index in [1.54, 1.807) is 4.90 Å². The molecule has 1 saturated carbocycles. The predicted molar refractivity (Wildman–Crippen MR) is 76.2 cm³/mol. The van der Waals surface area contributed by atoms with Crippen LogP contribution in [-0.4, -0.2) is 48.1 Å². The van der Waals surface area contributed by atoms with Crippen molar-refractivity contribution in [3.8, 4) is 0 Å². The summed E-state index contributed by atoms with van der Waals surface area (Å²) >= 11 is 0. The number of carbonyl (C=O) groups is 2. The highest BCUT2D eigenvalue weighted by Gasteiger charge is 2.51. The number of hydrogen-bond donors (Lipinski definition) is 1. The first-order chi connectivity index (χ1) is 9.54. The Labute approximate surface area is 121 Å². The molecule has 0 aromatic heterocycles. The van der Waals surface area contributed by atoms with Crippen molar-refractivity contribution in [1.82, 2.24) is 10.2 Å². The Morgan fingerprint density at radius 3 is 2.60 bits per heavy atom. The molecule has 1 N–H and O–H groups in total. The Kier molecular flexibility index (Phi) is 4.68. The lowest BCUT2D eigenvalue weighted by Crippen LogP contribution is -2.69. The van der Waals surface area contributed by atoms with Crippen molar-refractivity contribution in [2.45, 2.75) is 58.0 Å². The lowest BCUT2D eigenvalue weighted by molar-refractivity contribution is -0.157. The minimum absolute atomic E-state index is 0.00656. The van der Waals surface area contributed by atoms with Gasteiger partial charge in [-0.05, 0) is 45.4 Å². The van der Waals surface area contributed by atoms with Crippen molar-refractivity contribution in [3.63, 3.8) is 0 Å². The molecule has 5 nitrogen and oxygen atoms in total. The maximum absolute atomic E-state index is 12.7. The van der Waals surface area contributed by atoms with E-state index >= 15 is 0 Å². The molecule has 0 bridgehead atoms. The monoisotopic (exact) mass is 282 g/mol. The molecule has 1 heterocycles. The first kappa shape index (κ1) is 15.3. The van der Waals surface area contributed by atoms with E-state index in [-0.39, 0.29) is 17.9 Å². The van der Waals surface area contributed by atoms with Crippen molar-refractivity contribution in [2.24, 2.45) is 5.92 Å². The predicted octanol–water partition coefficient (Wildman–Crippen LogP) is 1.32. The average molecular weight is 282 g/mol. The number of amides is 2. The van der Waals surface area contributed by atoms with Gasteiger partial charge in [0.25, 0.3) is 0 Å². The summed E-state index contributed by atoms with van der Waals surface area (Å²) < 4.78 is 5.34. The molecule has 2 amide bonds. The molecule has 0 aromatic rings. The number of hydrogen-bond acceptors (Lipinski definition) is 3. The summed E-state index contributed by atoms with van der Waals surface area (Å²) in [4.78, 5) is 26.8. The molecule has 5 heteroatoms. The fourth-order valence-corrected chi connectivity index (χ4v) is 2.82. The van der Waals surface area contributed by atoms with Crippen LogP contribution in [0.5, 0.6) is 0 Å². The molecule has 2 atom stereocenters. The Hall–Kier alpha value is -1.10. The second-order valence-electron chi connectivity index (χ2n) is 5.96. The zero-order valence-electron chi connectivity index (χ0n) is 12.8. The van der Waals surface area contributed by atoms with Crippen LogP contribution in [0.2, 0.25) is 0 Å². The van der Waals surface area contributed by atoms with Gasteiger partial charge in [0, 0.05) is 19.8 Å². The van der Waals surface area contributed by atoms with Gasteiger partial charge < -0.3 is 15.0 Å². The largest absolute Gasteiger partial charge is 0.382 e. The fraction of sp³-hybridized carbons (Fsp3) is 0.867. The highest BCUT2D eigenvalue weighted by Crippen LogP contribution is 2.37. The van der Waals surface area contributed by atoms with Gasteiger partial charge in [-0.2, -0.15) is 0 Å². The molecule has 2 unspecified atom stereocenters. The van der Waals surface area contributed by atoms with Crippen molar-refractivity contribution in [1.29, 1.82) is 0 Å². The smallest absolute Gasteiger partial charge is 0.246 e. The van der Waals surface area contributed by atoms with Crippen molar-refractivity contribution >= 4 is 11.8 Å². The Balaban J connectivity index is 2.07. The van der Waals surface area contributed by atoms with E-state index in [2.05, 4.69) is 5.32 Å². The highest BCUT2D eigenvalue weighted by atomic mass is 16.5. The molecule has 0 aromatic carbocycles. The number of nitrogens with zero attached hydrogens (tertiary/aromatic N) is 1. The minimum atomic E-state index is -0.714. The van der Waals surface area contributed by atoms with Gasteiger partial charge in [0.15, 0.2) is 0 Å². The molecule has 1 aliphatic carbocycles. The van der Waals surface area contributed by atoms with Crippen LogP contribution in [0.15, 0.2) is 0 Å². The Morgan fingerprint density at radius 2 is 2.05 bits per heavy atom. The van der Waals surface area contributed by atoms with Gasteiger partial charge in [0.1, 0.15) is 11.6 Å². The first-order valence-corrected chi connectivity index (χ1v) is 7.74. The molecule has 0 spiro atoms. The van der Waals surface area contributed by atoms with Gasteiger partial charge >= 0.3 is 0 Å². The van der Waals surface area contributed by atoms with Crippen LogP contribution < -0.4 is 5.32 Å². The van der Waals surface area contributed by atoms with E-state index in [0.717, 1.165) is 19.3 Å². The van der Waals surface area contributed by atoms with Gasteiger partial charge in [-0.1, -0.05) is 6.92 Å². The third-order valence-corrected chi connectivity index (χ3v) is 4.56. The van der Waals surface area contributed by atoms with Gasteiger partial charge in [-0.25, -0.2) is 0 Å². The molecular formula is C15H26N2O3. The molecule has 114 valence electrons. The number of rotatable bonds is 7. The van der Waals surface area contributed by atoms with Crippen molar-refractivity contribution in [2.75, 3.05) is 19.8 Å². The number of ether oxygens (including phenoxy) is 1. The molecule has 1 aliphatic heterocycles. The summed E-state index contributed by atoms with van der Waals surface area (Å²) in [6.45, 7) is 7.70. The van der Waals surface area contributed by atoms with Crippen molar-refractivity contribution < 1.29 is 14.3 Å². The van der Waals surface area contributed by atoms with Crippen molar-refractivity contribution in [3.05, 3.63) is 0 Å². The molecule has 0 radical (unpaired) electrons. The van der Waals surface area contributed by atoms with Gasteiger partial charge in [0.05, 0.1) is 0 Å². The van der Waals surface area contributed by atoms with Crippen LogP contribution >= 0.6 is 0 Å². The van der Waals surface area contributed by atoms with Gasteiger partial charge in [-0.15, -0.1) is 0 Å². The average Bonchev–Trinajstić information content (AvgIpc) is 3.26. The summed E-state index contributed by atoms with van der Waals surface area (Å²) in [5, 5.41) is 2.94. The minimum Gasteiger partial charge on any atom is -0.382 e. The molecular weight excluding hydrogens is 256 g/mol. The zero-order valence-corrected chi connectivity index (χ0v) is 12.8. The summed E-state index contributed by atoms with van der Waals surface area (Å²) in [6, 6.07) is -0.297. The van der Waals surface area contributed by atoms with E-state index in [4.69, 9.17) is 4.74 Å². The van der Waals surface area contributed by atoms with E-state index in [1.807, 2.05) is 20.8 Å². The van der Waals surface area contributed by atoms with E-state index in [9.17, 15) is 9.59 Å². The van der Waals surface area contributed by atoms with Crippen LogP contribution in [0.4, 0.5) is 0 Å². The molecule has 2 fully saturated rings. The van der Waals surface area contributed by atoms with Crippen LogP contribution in [0.1, 0.15) is 46.5 Å². The SMILES string of the molecule is CCOCCCN1C(=O)C(C2CC2)NC(=O)C1(C)CC. The molecule has 1 saturated heterocycles. The normalized spacial score (nSPS) is 30.6. The third kappa shape index (κ3) is 2.82. The summed E-state index contributed by atoms with van der Waals surface area (Å²) in [7, 11) is 0. The molecule has 20 heavy (non-hydrogen) atoms. The Morgan fingerprint density at radius 1 is 1.35 bits per heavy atom. The number of carbonyl (C=O) groups excluding carboxylic acids is 2. The quantitative estimate of drug-likeness (QED) is 0.716. The molecule has 2 rings (SSSR count). The summed E-state index contributed by atoms with van der Waals surface area (Å²) in [5.41, 5.74) is -0.714. The van der Waals surface area contributed by atoms with E-state index in [1.165, 1.54) is 0 Å². The Bertz CT molecular complexity index is 381. The number of piperazine rings is 1. The van der Waals surface area contributed by atoms with E-state index < -0.39 is 5.54 Å². The van der Waals surface area contributed by atoms with Crippen LogP contribution in [0, 0.1) is 5.92 Å². The standard InChI is InChI=1S/C15H26N2O3/c1-4-15(3)14(19)16-12(11-7-8-11)13(18)17(15)9-6-10-20-5-2/h11-12H,4-10H2,1-3H3,(H,16,19). The molecule has 2 aliphatic rings. The topological polar surface area (TPSA) is 58.6 Å². The zero-order chi connectivity index (χ0) is 14.8. The number of nitrogens with one attached hydrogen (secondary N) is 1. The fourth-order valence-electron chi connectivity index (χ4n) is 2.82. The maximum atomic E-state index is 12.7. The van der Waals surface area contributed by atoms with E-state index in [0.29, 0.717) is 32.1 Å². The first-order valence-electron chi connectivity index (χ1n) is 7.74. The highest BCUT2D eigenvalue weighted by molar-refractivity contribution is 5.99. The van der Waals surface area contributed by atoms with Gasteiger partial charge in [-0.3, -0.25) is 9.59 Å².